The van der Waals surface area contributed by atoms with Gasteiger partial charge in [0.1, 0.15) is 0 Å². The fourth-order valence-corrected chi connectivity index (χ4v) is 2.46. The Balaban J connectivity index is 1.39. The second kappa shape index (κ2) is 6.25. The zero-order valence-corrected chi connectivity index (χ0v) is 12.4. The minimum absolute atomic E-state index is 0.244. The first-order valence-corrected chi connectivity index (χ1v) is 7.52. The molecule has 1 saturated heterocycles. The molecule has 23 heavy (non-hydrogen) atoms. The molecule has 4 heterocycles. The molecule has 0 aliphatic carbocycles. The van der Waals surface area contributed by atoms with Gasteiger partial charge in [-0.2, -0.15) is 9.97 Å². The van der Waals surface area contributed by atoms with E-state index in [1.807, 2.05) is 12.1 Å². The summed E-state index contributed by atoms with van der Waals surface area (Å²) in [7, 11) is 0. The van der Waals surface area contributed by atoms with Crippen LogP contribution in [0.5, 0.6) is 0 Å². The first kappa shape index (κ1) is 14.0. The fraction of sp³-hybridized carbons (Fsp3) is 0.400. The average molecular weight is 313 g/mol. The molecule has 0 radical (unpaired) electrons. The number of aromatic nitrogens is 5. The summed E-state index contributed by atoms with van der Waals surface area (Å²) in [5.74, 6) is 2.61. The first-order valence-electron chi connectivity index (χ1n) is 7.52. The van der Waals surface area contributed by atoms with Crippen molar-refractivity contribution in [2.45, 2.75) is 25.2 Å². The maximum Gasteiger partial charge on any atom is 0.227 e. The Bertz CT molecular complexity index is 764. The molecule has 0 unspecified atom stereocenters. The van der Waals surface area contributed by atoms with E-state index in [2.05, 4.69) is 25.3 Å². The van der Waals surface area contributed by atoms with Gasteiger partial charge in [-0.15, -0.1) is 0 Å². The quantitative estimate of drug-likeness (QED) is 0.703. The van der Waals surface area contributed by atoms with Gasteiger partial charge in [0.15, 0.2) is 5.82 Å². The van der Waals surface area contributed by atoms with Crippen LogP contribution in [0.4, 0.5) is 0 Å². The molecule has 8 heteroatoms. The van der Waals surface area contributed by atoms with Crippen LogP contribution in [0.3, 0.4) is 0 Å². The van der Waals surface area contributed by atoms with Crippen molar-refractivity contribution in [1.29, 1.82) is 0 Å². The van der Waals surface area contributed by atoms with E-state index in [9.17, 15) is 0 Å². The molecule has 0 spiro atoms. The number of hydrogen-bond acceptors (Lipinski definition) is 8. The maximum atomic E-state index is 5.33. The van der Waals surface area contributed by atoms with Crippen molar-refractivity contribution >= 4 is 0 Å². The van der Waals surface area contributed by atoms with Gasteiger partial charge < -0.3 is 13.8 Å². The number of hydrogen-bond donors (Lipinski definition) is 0. The van der Waals surface area contributed by atoms with Gasteiger partial charge in [-0.05, 0) is 18.6 Å². The summed E-state index contributed by atoms with van der Waals surface area (Å²) in [5, 5.41) is 7.98. The van der Waals surface area contributed by atoms with E-state index in [1.54, 1.807) is 12.4 Å². The fourth-order valence-electron chi connectivity index (χ4n) is 2.46. The Morgan fingerprint density at radius 1 is 1.09 bits per heavy atom. The van der Waals surface area contributed by atoms with Crippen molar-refractivity contribution < 1.29 is 13.8 Å². The SMILES string of the molecule is c1cncc(-c2noc(CCc3nc([C@H]4CCOC4)no3)n2)c1. The molecule has 1 aliphatic rings. The van der Waals surface area contributed by atoms with Gasteiger partial charge in [-0.1, -0.05) is 10.3 Å². The molecule has 4 rings (SSSR count). The Hall–Kier alpha value is -2.61. The summed E-state index contributed by atoms with van der Waals surface area (Å²) in [6.45, 7) is 1.42. The van der Waals surface area contributed by atoms with Gasteiger partial charge in [-0.3, -0.25) is 4.98 Å². The van der Waals surface area contributed by atoms with E-state index in [0.717, 1.165) is 24.4 Å². The van der Waals surface area contributed by atoms with Crippen LogP contribution in [0.2, 0.25) is 0 Å². The van der Waals surface area contributed by atoms with Crippen molar-refractivity contribution in [3.63, 3.8) is 0 Å². The summed E-state index contributed by atoms with van der Waals surface area (Å²) in [5.41, 5.74) is 0.823. The Kier molecular flexibility index (Phi) is 3.81. The molecule has 3 aromatic heterocycles. The van der Waals surface area contributed by atoms with Crippen molar-refractivity contribution in [1.82, 2.24) is 25.3 Å². The minimum Gasteiger partial charge on any atom is -0.381 e. The topological polar surface area (TPSA) is 100.0 Å². The largest absolute Gasteiger partial charge is 0.381 e. The van der Waals surface area contributed by atoms with E-state index >= 15 is 0 Å². The second-order valence-electron chi connectivity index (χ2n) is 5.36. The molecule has 0 bridgehead atoms. The lowest BCUT2D eigenvalue weighted by molar-refractivity contribution is 0.192. The van der Waals surface area contributed by atoms with Crippen LogP contribution in [0.1, 0.15) is 29.9 Å². The van der Waals surface area contributed by atoms with Crippen LogP contribution < -0.4 is 0 Å². The number of rotatable bonds is 5. The number of ether oxygens (including phenoxy) is 1. The lowest BCUT2D eigenvalue weighted by Crippen LogP contribution is -2.00. The lowest BCUT2D eigenvalue weighted by atomic mass is 10.1. The van der Waals surface area contributed by atoms with Gasteiger partial charge in [-0.25, -0.2) is 0 Å². The van der Waals surface area contributed by atoms with Gasteiger partial charge in [0.25, 0.3) is 0 Å². The smallest absolute Gasteiger partial charge is 0.227 e. The number of pyridine rings is 1. The monoisotopic (exact) mass is 313 g/mol. The molecule has 1 fully saturated rings. The molecule has 0 saturated carbocycles. The second-order valence-corrected chi connectivity index (χ2v) is 5.36. The summed E-state index contributed by atoms with van der Waals surface area (Å²) < 4.78 is 15.9. The third-order valence-electron chi connectivity index (χ3n) is 3.72. The van der Waals surface area contributed by atoms with Crippen LogP contribution in [-0.2, 0) is 17.6 Å². The molecule has 0 amide bonds. The van der Waals surface area contributed by atoms with Crippen molar-refractivity contribution in [2.24, 2.45) is 0 Å². The average Bonchev–Trinajstić information content (AvgIpc) is 3.33. The molecule has 0 N–H and O–H groups in total. The number of nitrogens with zero attached hydrogens (tertiary/aromatic N) is 5. The molecule has 118 valence electrons. The maximum absolute atomic E-state index is 5.33. The molecule has 3 aromatic rings. The standard InChI is InChI=1S/C15H15N5O3/c1-2-10(8-16-6-1)14-17-12(22-19-14)3-4-13-18-15(20-23-13)11-5-7-21-9-11/h1-2,6,8,11H,3-5,7,9H2/t11-/m0/s1. The Morgan fingerprint density at radius 3 is 2.74 bits per heavy atom. The highest BCUT2D eigenvalue weighted by molar-refractivity contribution is 5.51. The number of aryl methyl sites for hydroxylation is 2. The van der Waals surface area contributed by atoms with Crippen LogP contribution in [0, 0.1) is 0 Å². The van der Waals surface area contributed by atoms with E-state index < -0.39 is 0 Å². The van der Waals surface area contributed by atoms with Gasteiger partial charge in [0.05, 0.1) is 6.61 Å². The molecule has 0 aromatic carbocycles. The van der Waals surface area contributed by atoms with Crippen LogP contribution in [-0.4, -0.2) is 38.5 Å². The predicted molar refractivity (Wildman–Crippen MR) is 77.4 cm³/mol. The van der Waals surface area contributed by atoms with Gasteiger partial charge >= 0.3 is 0 Å². The lowest BCUT2D eigenvalue weighted by Gasteiger charge is -1.97. The van der Waals surface area contributed by atoms with E-state index in [1.165, 1.54) is 0 Å². The molecule has 1 atom stereocenters. The minimum atomic E-state index is 0.244. The molecular formula is C15H15N5O3. The normalized spacial score (nSPS) is 17.7. The summed E-state index contributed by atoms with van der Waals surface area (Å²) >= 11 is 0. The van der Waals surface area contributed by atoms with Crippen LogP contribution in [0.15, 0.2) is 33.6 Å². The molecular weight excluding hydrogens is 298 g/mol. The zero-order valence-electron chi connectivity index (χ0n) is 12.4. The summed E-state index contributed by atoms with van der Waals surface area (Å²) in [6, 6.07) is 3.72. The Morgan fingerprint density at radius 2 is 1.96 bits per heavy atom. The highest BCUT2D eigenvalue weighted by atomic mass is 16.5. The summed E-state index contributed by atoms with van der Waals surface area (Å²) in [6.07, 6.45) is 5.46. The molecule has 1 aliphatic heterocycles. The van der Waals surface area contributed by atoms with E-state index in [4.69, 9.17) is 13.8 Å². The van der Waals surface area contributed by atoms with Gasteiger partial charge in [0.2, 0.25) is 17.6 Å². The third kappa shape index (κ3) is 3.11. The van der Waals surface area contributed by atoms with Crippen LogP contribution in [0.25, 0.3) is 11.4 Å². The predicted octanol–water partition coefficient (Wildman–Crippen LogP) is 1.80. The van der Waals surface area contributed by atoms with E-state index in [0.29, 0.717) is 37.1 Å². The summed E-state index contributed by atoms with van der Waals surface area (Å²) in [4.78, 5) is 12.8. The van der Waals surface area contributed by atoms with Gasteiger partial charge in [0, 0.05) is 43.3 Å². The first-order chi connectivity index (χ1) is 11.4. The highest BCUT2D eigenvalue weighted by Crippen LogP contribution is 2.22. The van der Waals surface area contributed by atoms with E-state index in [-0.39, 0.29) is 5.92 Å². The third-order valence-corrected chi connectivity index (χ3v) is 3.72. The van der Waals surface area contributed by atoms with Crippen LogP contribution >= 0.6 is 0 Å². The highest BCUT2D eigenvalue weighted by Gasteiger charge is 2.23. The molecule has 8 nitrogen and oxygen atoms in total. The van der Waals surface area contributed by atoms with Crippen molar-refractivity contribution in [3.8, 4) is 11.4 Å². The Labute approximate surface area is 131 Å². The van der Waals surface area contributed by atoms with Crippen molar-refractivity contribution in [3.05, 3.63) is 42.1 Å². The zero-order chi connectivity index (χ0) is 15.5. The van der Waals surface area contributed by atoms with Crippen molar-refractivity contribution in [2.75, 3.05) is 13.2 Å².